The van der Waals surface area contributed by atoms with Gasteiger partial charge in [0.2, 0.25) is 5.91 Å². The highest BCUT2D eigenvalue weighted by Crippen LogP contribution is 2.19. The van der Waals surface area contributed by atoms with Gasteiger partial charge in [0.1, 0.15) is 6.04 Å². The van der Waals surface area contributed by atoms with E-state index < -0.39 is 11.9 Å². The highest BCUT2D eigenvalue weighted by molar-refractivity contribution is 5.84. The van der Waals surface area contributed by atoms with E-state index in [1.165, 1.54) is 10.9 Å². The van der Waals surface area contributed by atoms with Crippen molar-refractivity contribution in [3.05, 3.63) is 36.0 Å². The first kappa shape index (κ1) is 10.7. The second kappa shape index (κ2) is 3.98. The molecule has 1 heterocycles. The largest absolute Gasteiger partial charge is 0.368 e. The van der Waals surface area contributed by atoms with Gasteiger partial charge in [-0.05, 0) is 24.6 Å². The fraction of sp³-hybridized carbons (Fsp3) is 0.250. The van der Waals surface area contributed by atoms with Crippen molar-refractivity contribution < 1.29 is 4.79 Å². The van der Waals surface area contributed by atoms with Crippen LogP contribution in [-0.4, -0.2) is 16.5 Å². The molecule has 2 aromatic rings. The van der Waals surface area contributed by atoms with E-state index in [1.807, 2.05) is 29.0 Å². The summed E-state index contributed by atoms with van der Waals surface area (Å²) in [6.07, 6.45) is 1.93. The van der Waals surface area contributed by atoms with Gasteiger partial charge in [0, 0.05) is 23.6 Å². The Balaban J connectivity index is 2.39. The van der Waals surface area contributed by atoms with Gasteiger partial charge in [0.15, 0.2) is 0 Å². The maximum Gasteiger partial charge on any atom is 0.236 e. The molecule has 4 N–H and O–H groups in total. The number of aryl methyl sites for hydroxylation is 1. The Bertz CT molecular complexity index is 530. The van der Waals surface area contributed by atoms with Gasteiger partial charge in [-0.1, -0.05) is 12.1 Å². The number of nitrogens with two attached hydrogens (primary N) is 2. The molecule has 84 valence electrons. The number of nitrogens with zero attached hydrogens (tertiary/aromatic N) is 1. The molecular weight excluding hydrogens is 202 g/mol. The number of benzene rings is 1. The molecule has 4 heteroatoms. The molecule has 1 aromatic heterocycles. The van der Waals surface area contributed by atoms with Crippen LogP contribution in [0.25, 0.3) is 10.9 Å². The van der Waals surface area contributed by atoms with Gasteiger partial charge >= 0.3 is 0 Å². The number of hydrogen-bond donors (Lipinski definition) is 2. The summed E-state index contributed by atoms with van der Waals surface area (Å²) in [6.45, 7) is 2.48. The SMILES string of the molecule is Cc1cccc2c1ccn2CC(N)C(N)=O. The summed E-state index contributed by atoms with van der Waals surface area (Å²) >= 11 is 0. The van der Waals surface area contributed by atoms with Crippen LogP contribution in [-0.2, 0) is 11.3 Å². The first-order chi connectivity index (χ1) is 7.59. The van der Waals surface area contributed by atoms with E-state index in [0.717, 1.165) is 5.52 Å². The summed E-state index contributed by atoms with van der Waals surface area (Å²) in [5.74, 6) is -0.477. The van der Waals surface area contributed by atoms with Crippen LogP contribution < -0.4 is 11.5 Å². The van der Waals surface area contributed by atoms with Crippen molar-refractivity contribution in [3.8, 4) is 0 Å². The lowest BCUT2D eigenvalue weighted by atomic mass is 10.1. The Morgan fingerprint density at radius 3 is 2.88 bits per heavy atom. The summed E-state index contributed by atoms with van der Waals surface area (Å²) in [4.78, 5) is 10.9. The van der Waals surface area contributed by atoms with Crippen LogP contribution in [0.5, 0.6) is 0 Å². The van der Waals surface area contributed by atoms with E-state index in [1.54, 1.807) is 0 Å². The van der Waals surface area contributed by atoms with Crippen LogP contribution in [0.4, 0.5) is 0 Å². The third-order valence-corrected chi connectivity index (χ3v) is 2.79. The zero-order chi connectivity index (χ0) is 11.7. The highest BCUT2D eigenvalue weighted by atomic mass is 16.1. The number of aromatic nitrogens is 1. The average molecular weight is 217 g/mol. The molecule has 0 bridgehead atoms. The van der Waals surface area contributed by atoms with Gasteiger partial charge < -0.3 is 16.0 Å². The van der Waals surface area contributed by atoms with Crippen LogP contribution in [0.2, 0.25) is 0 Å². The smallest absolute Gasteiger partial charge is 0.236 e. The van der Waals surface area contributed by atoms with Gasteiger partial charge in [-0.2, -0.15) is 0 Å². The lowest BCUT2D eigenvalue weighted by Crippen LogP contribution is -2.39. The number of amides is 1. The van der Waals surface area contributed by atoms with Crippen LogP contribution in [0.1, 0.15) is 5.56 Å². The summed E-state index contributed by atoms with van der Waals surface area (Å²) in [7, 11) is 0. The number of carbonyl (C=O) groups excluding carboxylic acids is 1. The second-order valence-electron chi connectivity index (χ2n) is 3.98. The molecule has 0 aliphatic carbocycles. The van der Waals surface area contributed by atoms with Crippen LogP contribution in [0.3, 0.4) is 0 Å². The Morgan fingerprint density at radius 1 is 1.44 bits per heavy atom. The highest BCUT2D eigenvalue weighted by Gasteiger charge is 2.11. The number of rotatable bonds is 3. The lowest BCUT2D eigenvalue weighted by Gasteiger charge is -2.10. The van der Waals surface area contributed by atoms with E-state index in [0.29, 0.717) is 6.54 Å². The molecule has 1 atom stereocenters. The minimum absolute atomic E-state index is 0.419. The molecule has 0 saturated heterocycles. The first-order valence-corrected chi connectivity index (χ1v) is 5.19. The van der Waals surface area contributed by atoms with Crippen molar-refractivity contribution in [2.75, 3.05) is 0 Å². The monoisotopic (exact) mass is 217 g/mol. The number of hydrogen-bond acceptors (Lipinski definition) is 2. The molecule has 16 heavy (non-hydrogen) atoms. The first-order valence-electron chi connectivity index (χ1n) is 5.19. The molecule has 0 spiro atoms. The van der Waals surface area contributed by atoms with Gasteiger partial charge in [-0.15, -0.1) is 0 Å². The third kappa shape index (κ3) is 1.79. The lowest BCUT2D eigenvalue weighted by molar-refractivity contribution is -0.119. The van der Waals surface area contributed by atoms with Crippen molar-refractivity contribution in [1.82, 2.24) is 4.57 Å². The molecule has 2 rings (SSSR count). The van der Waals surface area contributed by atoms with Crippen molar-refractivity contribution >= 4 is 16.8 Å². The molecule has 4 nitrogen and oxygen atoms in total. The average Bonchev–Trinajstić information content (AvgIpc) is 2.63. The predicted octanol–water partition coefficient (Wildman–Crippen LogP) is 0.762. The van der Waals surface area contributed by atoms with Gasteiger partial charge in [-0.3, -0.25) is 4.79 Å². The van der Waals surface area contributed by atoms with E-state index >= 15 is 0 Å². The van der Waals surface area contributed by atoms with Crippen LogP contribution >= 0.6 is 0 Å². The molecule has 1 unspecified atom stereocenters. The molecule has 0 aliphatic rings. The molecule has 0 fully saturated rings. The van der Waals surface area contributed by atoms with Gasteiger partial charge in [0.05, 0.1) is 0 Å². The standard InChI is InChI=1S/C12H15N3O/c1-8-3-2-4-11-9(8)5-6-15(11)7-10(13)12(14)16/h2-6,10H,7,13H2,1H3,(H2,14,16). The minimum Gasteiger partial charge on any atom is -0.368 e. The molecule has 0 aliphatic heterocycles. The van der Waals surface area contributed by atoms with Gasteiger partial charge in [0.25, 0.3) is 0 Å². The zero-order valence-electron chi connectivity index (χ0n) is 9.18. The molecule has 1 aromatic carbocycles. The number of carbonyl (C=O) groups is 1. The Hall–Kier alpha value is -1.81. The Labute approximate surface area is 93.8 Å². The summed E-state index contributed by atoms with van der Waals surface area (Å²) in [5.41, 5.74) is 13.1. The molecule has 0 saturated carbocycles. The fourth-order valence-electron chi connectivity index (χ4n) is 1.84. The van der Waals surface area contributed by atoms with Crippen molar-refractivity contribution in [3.63, 3.8) is 0 Å². The minimum atomic E-state index is -0.642. The van der Waals surface area contributed by atoms with Gasteiger partial charge in [-0.25, -0.2) is 0 Å². The second-order valence-corrected chi connectivity index (χ2v) is 3.98. The topological polar surface area (TPSA) is 74.0 Å². The number of primary amides is 1. The summed E-state index contributed by atoms with van der Waals surface area (Å²) < 4.78 is 1.96. The van der Waals surface area contributed by atoms with E-state index in [9.17, 15) is 4.79 Å². The Morgan fingerprint density at radius 2 is 2.19 bits per heavy atom. The van der Waals surface area contributed by atoms with Crippen LogP contribution in [0.15, 0.2) is 30.5 Å². The molecule has 0 radical (unpaired) electrons. The van der Waals surface area contributed by atoms with Crippen LogP contribution in [0, 0.1) is 6.92 Å². The van der Waals surface area contributed by atoms with E-state index in [-0.39, 0.29) is 0 Å². The van der Waals surface area contributed by atoms with Crippen molar-refractivity contribution in [1.29, 1.82) is 0 Å². The van der Waals surface area contributed by atoms with E-state index in [2.05, 4.69) is 13.0 Å². The normalized spacial score (nSPS) is 12.9. The molecular formula is C12H15N3O. The van der Waals surface area contributed by atoms with Crippen molar-refractivity contribution in [2.24, 2.45) is 11.5 Å². The predicted molar refractivity (Wildman–Crippen MR) is 63.8 cm³/mol. The fourth-order valence-corrected chi connectivity index (χ4v) is 1.84. The van der Waals surface area contributed by atoms with E-state index in [4.69, 9.17) is 11.5 Å². The quantitative estimate of drug-likeness (QED) is 0.796. The van der Waals surface area contributed by atoms with Crippen molar-refractivity contribution in [2.45, 2.75) is 19.5 Å². The number of fused-ring (bicyclic) bond motifs is 1. The molecule has 1 amide bonds. The third-order valence-electron chi connectivity index (χ3n) is 2.79. The summed E-state index contributed by atoms with van der Waals surface area (Å²) in [6, 6.07) is 7.44. The summed E-state index contributed by atoms with van der Waals surface area (Å²) in [5, 5.41) is 1.18. The maximum atomic E-state index is 10.9. The Kier molecular flexibility index (Phi) is 2.66. The maximum absolute atomic E-state index is 10.9. The zero-order valence-corrected chi connectivity index (χ0v) is 9.18.